The number of aryl methyl sites for hydroxylation is 1. The second-order valence-corrected chi connectivity index (χ2v) is 5.34. The molecule has 0 unspecified atom stereocenters. The fourth-order valence-electron chi connectivity index (χ4n) is 1.88. The van der Waals surface area contributed by atoms with Gasteiger partial charge in [0, 0.05) is 5.88 Å². The minimum absolute atomic E-state index is 0.211. The zero-order valence-corrected chi connectivity index (χ0v) is 12.1. The van der Waals surface area contributed by atoms with E-state index in [0.717, 1.165) is 24.8 Å². The summed E-state index contributed by atoms with van der Waals surface area (Å²) >= 11 is 5.65. The summed E-state index contributed by atoms with van der Waals surface area (Å²) < 4.78 is 4.83. The molecule has 0 aliphatic heterocycles. The summed E-state index contributed by atoms with van der Waals surface area (Å²) in [7, 11) is 1.42. The highest BCUT2D eigenvalue weighted by Crippen LogP contribution is 2.25. The summed E-state index contributed by atoms with van der Waals surface area (Å²) in [5.74, 6) is 0.505. The maximum atomic E-state index is 11.7. The van der Waals surface area contributed by atoms with Gasteiger partial charge in [-0.25, -0.2) is 0 Å². The van der Waals surface area contributed by atoms with Crippen LogP contribution in [0.2, 0.25) is 0 Å². The molecule has 0 bridgehead atoms. The van der Waals surface area contributed by atoms with Crippen molar-refractivity contribution >= 4 is 17.6 Å². The van der Waals surface area contributed by atoms with E-state index < -0.39 is 5.41 Å². The number of ether oxygens (including phenoxy) is 1. The predicted molar refractivity (Wildman–Crippen MR) is 75.1 cm³/mol. The third-order valence-corrected chi connectivity index (χ3v) is 3.49. The van der Waals surface area contributed by atoms with Crippen molar-refractivity contribution < 1.29 is 9.53 Å². The van der Waals surface area contributed by atoms with Crippen LogP contribution in [-0.4, -0.2) is 19.0 Å². The zero-order chi connectivity index (χ0) is 13.6. The fraction of sp³-hybridized carbons (Fsp3) is 0.533. The molecule has 1 aromatic carbocycles. The number of alkyl halides is 1. The number of hydrogen-bond acceptors (Lipinski definition) is 2. The van der Waals surface area contributed by atoms with Gasteiger partial charge in [-0.15, -0.1) is 11.6 Å². The van der Waals surface area contributed by atoms with Crippen LogP contribution in [0, 0.1) is 0 Å². The lowest BCUT2D eigenvalue weighted by molar-refractivity contribution is -0.146. The highest BCUT2D eigenvalue weighted by atomic mass is 35.5. The molecule has 0 aromatic heterocycles. The largest absolute Gasteiger partial charge is 0.468 e. The molecule has 0 heterocycles. The van der Waals surface area contributed by atoms with Crippen LogP contribution in [0.3, 0.4) is 0 Å². The Morgan fingerprint density at radius 1 is 1.22 bits per heavy atom. The summed E-state index contributed by atoms with van der Waals surface area (Å²) in [5.41, 5.74) is 1.67. The Morgan fingerprint density at radius 3 is 2.33 bits per heavy atom. The van der Waals surface area contributed by atoms with E-state index in [-0.39, 0.29) is 5.97 Å². The predicted octanol–water partition coefficient (Wildman–Crippen LogP) is 3.70. The minimum Gasteiger partial charge on any atom is -0.468 e. The molecule has 0 atom stereocenters. The van der Waals surface area contributed by atoms with Crippen LogP contribution < -0.4 is 0 Å². The third kappa shape index (κ3) is 3.74. The second-order valence-electron chi connectivity index (χ2n) is 4.96. The van der Waals surface area contributed by atoms with Crippen LogP contribution in [0.1, 0.15) is 37.8 Å². The van der Waals surface area contributed by atoms with Crippen molar-refractivity contribution in [1.82, 2.24) is 0 Å². The summed E-state index contributed by atoms with van der Waals surface area (Å²) in [6.07, 6.45) is 3.17. The highest BCUT2D eigenvalue weighted by molar-refractivity contribution is 6.17. The Kier molecular flexibility index (Phi) is 5.67. The van der Waals surface area contributed by atoms with Crippen LogP contribution in [-0.2, 0) is 21.4 Å². The van der Waals surface area contributed by atoms with Crippen LogP contribution in [0.5, 0.6) is 0 Å². The molecule has 18 heavy (non-hydrogen) atoms. The van der Waals surface area contributed by atoms with Crippen LogP contribution in [0.4, 0.5) is 0 Å². The van der Waals surface area contributed by atoms with Crippen molar-refractivity contribution in [2.45, 2.75) is 38.5 Å². The number of benzene rings is 1. The number of carbonyl (C=O) groups excluding carboxylic acids is 1. The van der Waals surface area contributed by atoms with Gasteiger partial charge in [0.05, 0.1) is 12.5 Å². The normalized spacial score (nSPS) is 11.3. The van der Waals surface area contributed by atoms with E-state index in [4.69, 9.17) is 16.3 Å². The van der Waals surface area contributed by atoms with E-state index in [1.807, 2.05) is 26.0 Å². The molecule has 1 rings (SSSR count). The Hall–Kier alpha value is -1.02. The van der Waals surface area contributed by atoms with Gasteiger partial charge in [-0.3, -0.25) is 4.79 Å². The first-order valence-corrected chi connectivity index (χ1v) is 6.79. The van der Waals surface area contributed by atoms with Crippen LogP contribution >= 0.6 is 11.6 Å². The second kappa shape index (κ2) is 6.79. The van der Waals surface area contributed by atoms with Gasteiger partial charge in [-0.2, -0.15) is 0 Å². The van der Waals surface area contributed by atoms with E-state index in [1.165, 1.54) is 12.7 Å². The van der Waals surface area contributed by atoms with E-state index in [2.05, 4.69) is 12.1 Å². The molecule has 0 fully saturated rings. The van der Waals surface area contributed by atoms with Gasteiger partial charge >= 0.3 is 5.97 Å². The molecular formula is C15H21ClO2. The summed E-state index contributed by atoms with van der Waals surface area (Å²) in [4.78, 5) is 11.7. The average Bonchev–Trinajstić information content (AvgIpc) is 2.38. The lowest BCUT2D eigenvalue weighted by Gasteiger charge is -2.22. The van der Waals surface area contributed by atoms with Gasteiger partial charge in [0.15, 0.2) is 0 Å². The molecule has 0 spiro atoms. The molecule has 0 saturated carbocycles. The van der Waals surface area contributed by atoms with Gasteiger partial charge in [0.2, 0.25) is 0 Å². The molecule has 3 heteroatoms. The monoisotopic (exact) mass is 268 g/mol. The lowest BCUT2D eigenvalue weighted by Crippen LogP contribution is -2.30. The number of esters is 1. The van der Waals surface area contributed by atoms with E-state index in [1.54, 1.807) is 0 Å². The van der Waals surface area contributed by atoms with Crippen LogP contribution in [0.25, 0.3) is 0 Å². The molecule has 0 amide bonds. The number of unbranched alkanes of at least 4 members (excludes halogenated alkanes) is 1. The van der Waals surface area contributed by atoms with Crippen LogP contribution in [0.15, 0.2) is 24.3 Å². The number of carbonyl (C=O) groups is 1. The van der Waals surface area contributed by atoms with Crippen molar-refractivity contribution in [3.05, 3.63) is 35.4 Å². The van der Waals surface area contributed by atoms with Crippen molar-refractivity contribution in [3.8, 4) is 0 Å². The maximum Gasteiger partial charge on any atom is 0.315 e. The number of hydrogen-bond donors (Lipinski definition) is 0. The molecule has 0 N–H and O–H groups in total. The number of rotatable bonds is 6. The smallest absolute Gasteiger partial charge is 0.315 e. The summed E-state index contributed by atoms with van der Waals surface area (Å²) in [6.45, 7) is 3.75. The fourth-order valence-corrected chi connectivity index (χ4v) is 2.07. The standard InChI is InChI=1S/C15H21ClO2/c1-15(2,14(17)18-3)13-9-7-12(8-10-13)6-4-5-11-16/h7-10H,4-6,11H2,1-3H3. The number of methoxy groups -OCH3 is 1. The zero-order valence-electron chi connectivity index (χ0n) is 11.3. The maximum absolute atomic E-state index is 11.7. The average molecular weight is 269 g/mol. The Balaban J connectivity index is 2.73. The molecular weight excluding hydrogens is 248 g/mol. The lowest BCUT2D eigenvalue weighted by atomic mass is 9.84. The highest BCUT2D eigenvalue weighted by Gasteiger charge is 2.30. The van der Waals surface area contributed by atoms with Gasteiger partial charge in [-0.05, 0) is 44.2 Å². The van der Waals surface area contributed by atoms with Crippen molar-refractivity contribution in [2.24, 2.45) is 0 Å². The third-order valence-electron chi connectivity index (χ3n) is 3.22. The van der Waals surface area contributed by atoms with E-state index in [9.17, 15) is 4.79 Å². The molecule has 0 aliphatic rings. The van der Waals surface area contributed by atoms with E-state index >= 15 is 0 Å². The van der Waals surface area contributed by atoms with Crippen molar-refractivity contribution in [3.63, 3.8) is 0 Å². The first-order valence-electron chi connectivity index (χ1n) is 6.26. The Labute approximate surface area is 114 Å². The minimum atomic E-state index is -0.594. The Morgan fingerprint density at radius 2 is 1.83 bits per heavy atom. The van der Waals surface area contributed by atoms with Gasteiger partial charge < -0.3 is 4.74 Å². The first-order chi connectivity index (χ1) is 8.52. The summed E-state index contributed by atoms with van der Waals surface area (Å²) in [5, 5.41) is 0. The number of halogens is 1. The van der Waals surface area contributed by atoms with Gasteiger partial charge in [-0.1, -0.05) is 24.3 Å². The molecule has 2 nitrogen and oxygen atoms in total. The first kappa shape index (κ1) is 15.0. The van der Waals surface area contributed by atoms with E-state index in [0.29, 0.717) is 5.88 Å². The van der Waals surface area contributed by atoms with Crippen molar-refractivity contribution in [1.29, 1.82) is 0 Å². The molecule has 0 aliphatic carbocycles. The summed E-state index contributed by atoms with van der Waals surface area (Å²) in [6, 6.07) is 8.17. The SMILES string of the molecule is COC(=O)C(C)(C)c1ccc(CCCCCl)cc1. The van der Waals surface area contributed by atoms with Gasteiger partial charge in [0.1, 0.15) is 0 Å². The molecule has 100 valence electrons. The quantitative estimate of drug-likeness (QED) is 0.447. The molecule has 1 aromatic rings. The Bertz CT molecular complexity index is 382. The van der Waals surface area contributed by atoms with Crippen molar-refractivity contribution in [2.75, 3.05) is 13.0 Å². The van der Waals surface area contributed by atoms with Gasteiger partial charge in [0.25, 0.3) is 0 Å². The molecule has 0 radical (unpaired) electrons. The topological polar surface area (TPSA) is 26.3 Å². The molecule has 0 saturated heterocycles.